The Kier molecular flexibility index (Phi) is 5.54. The normalized spacial score (nSPS) is 10.5. The van der Waals surface area contributed by atoms with Crippen molar-refractivity contribution in [3.05, 3.63) is 59.4 Å². The summed E-state index contributed by atoms with van der Waals surface area (Å²) in [4.78, 5) is 23.4. The summed E-state index contributed by atoms with van der Waals surface area (Å²) in [6, 6.07) is 12.8. The average molecular weight is 382 g/mol. The van der Waals surface area contributed by atoms with Crippen LogP contribution < -0.4 is 19.0 Å². The fourth-order valence-electron chi connectivity index (χ4n) is 3.06. The van der Waals surface area contributed by atoms with Crippen LogP contribution >= 0.6 is 0 Å². The number of hydrogen-bond acceptors (Lipinski definition) is 6. The zero-order valence-corrected chi connectivity index (χ0v) is 16.5. The molecule has 0 aliphatic carbocycles. The van der Waals surface area contributed by atoms with E-state index in [0.29, 0.717) is 40.0 Å². The number of carbonyl (C=O) groups is 1. The van der Waals surface area contributed by atoms with Gasteiger partial charge < -0.3 is 19.0 Å². The van der Waals surface area contributed by atoms with E-state index in [0.717, 1.165) is 5.56 Å². The molecule has 0 bridgehead atoms. The predicted molar refractivity (Wildman–Crippen MR) is 104 cm³/mol. The summed E-state index contributed by atoms with van der Waals surface area (Å²) < 4.78 is 17.5. The highest BCUT2D eigenvalue weighted by Gasteiger charge is 2.26. The van der Waals surface area contributed by atoms with E-state index >= 15 is 0 Å². The molecule has 0 saturated carbocycles. The fraction of sp³-hybridized carbons (Fsp3) is 0.238. The molecule has 0 unspecified atom stereocenters. The SMILES string of the molecule is COc1cc(C(=O)c2c(C)nc(-c3ccccc3)n2OC)cc(OC)c1OC. The highest BCUT2D eigenvalue weighted by Crippen LogP contribution is 2.39. The third-order valence-electron chi connectivity index (χ3n) is 4.37. The van der Waals surface area contributed by atoms with Gasteiger partial charge in [-0.2, -0.15) is 4.73 Å². The van der Waals surface area contributed by atoms with Crippen molar-refractivity contribution in [3.8, 4) is 28.6 Å². The van der Waals surface area contributed by atoms with Crippen molar-refractivity contribution in [1.29, 1.82) is 0 Å². The van der Waals surface area contributed by atoms with Crippen molar-refractivity contribution in [2.75, 3.05) is 28.4 Å². The molecule has 3 aromatic rings. The van der Waals surface area contributed by atoms with Crippen LogP contribution in [0.1, 0.15) is 21.7 Å². The van der Waals surface area contributed by atoms with Gasteiger partial charge in [0.25, 0.3) is 0 Å². The summed E-state index contributed by atoms with van der Waals surface area (Å²) in [5.74, 6) is 1.50. The first kappa shape index (κ1) is 19.3. The summed E-state index contributed by atoms with van der Waals surface area (Å²) >= 11 is 0. The van der Waals surface area contributed by atoms with Crippen LogP contribution in [0.3, 0.4) is 0 Å². The number of hydrogen-bond donors (Lipinski definition) is 0. The van der Waals surface area contributed by atoms with Gasteiger partial charge >= 0.3 is 0 Å². The van der Waals surface area contributed by atoms with Gasteiger partial charge in [-0.05, 0) is 19.1 Å². The highest BCUT2D eigenvalue weighted by molar-refractivity contribution is 6.09. The first-order chi connectivity index (χ1) is 13.5. The smallest absolute Gasteiger partial charge is 0.215 e. The van der Waals surface area contributed by atoms with Crippen molar-refractivity contribution in [3.63, 3.8) is 0 Å². The van der Waals surface area contributed by atoms with Gasteiger partial charge in [0, 0.05) is 11.1 Å². The van der Waals surface area contributed by atoms with Gasteiger partial charge in [0.05, 0.1) is 27.0 Å². The summed E-state index contributed by atoms with van der Waals surface area (Å²) in [7, 11) is 6.02. The van der Waals surface area contributed by atoms with E-state index < -0.39 is 0 Å². The molecule has 2 aromatic carbocycles. The quantitative estimate of drug-likeness (QED) is 0.585. The minimum Gasteiger partial charge on any atom is -0.493 e. The maximum atomic E-state index is 13.3. The molecule has 1 aromatic heterocycles. The lowest BCUT2D eigenvalue weighted by molar-refractivity contribution is 0.0978. The van der Waals surface area contributed by atoms with Crippen molar-refractivity contribution in [1.82, 2.24) is 9.71 Å². The Morgan fingerprint density at radius 2 is 1.54 bits per heavy atom. The molecule has 146 valence electrons. The number of rotatable bonds is 7. The van der Waals surface area contributed by atoms with Gasteiger partial charge in [0.15, 0.2) is 23.0 Å². The standard InChI is InChI=1S/C21H22N2O5/c1-13-18(23(28-5)21(22-13)14-9-7-6-8-10-14)19(24)15-11-16(25-2)20(27-4)17(12-15)26-3/h6-12H,1-5H3. The lowest BCUT2D eigenvalue weighted by Gasteiger charge is -2.14. The Balaban J connectivity index is 2.15. The van der Waals surface area contributed by atoms with Crippen LogP contribution in [0.4, 0.5) is 0 Å². The van der Waals surface area contributed by atoms with Crippen LogP contribution in [0, 0.1) is 6.92 Å². The lowest BCUT2D eigenvalue weighted by atomic mass is 10.1. The largest absolute Gasteiger partial charge is 0.493 e. The van der Waals surface area contributed by atoms with Gasteiger partial charge in [0.2, 0.25) is 11.5 Å². The number of carbonyl (C=O) groups excluding carboxylic acids is 1. The number of imidazole rings is 1. The van der Waals surface area contributed by atoms with Crippen LogP contribution in [0.25, 0.3) is 11.4 Å². The second-order valence-corrected chi connectivity index (χ2v) is 5.96. The van der Waals surface area contributed by atoms with Gasteiger partial charge in [-0.1, -0.05) is 30.3 Å². The van der Waals surface area contributed by atoms with E-state index in [4.69, 9.17) is 19.0 Å². The fourth-order valence-corrected chi connectivity index (χ4v) is 3.06. The van der Waals surface area contributed by atoms with E-state index in [1.165, 1.54) is 33.2 Å². The van der Waals surface area contributed by atoms with Crippen LogP contribution in [-0.2, 0) is 0 Å². The number of aryl methyl sites for hydroxylation is 1. The Labute approximate surface area is 163 Å². The Morgan fingerprint density at radius 1 is 0.929 bits per heavy atom. The third kappa shape index (κ3) is 3.26. The number of methoxy groups -OCH3 is 3. The summed E-state index contributed by atoms with van der Waals surface area (Å²) in [5.41, 5.74) is 2.10. The molecule has 7 nitrogen and oxygen atoms in total. The second kappa shape index (κ2) is 8.04. The zero-order valence-electron chi connectivity index (χ0n) is 16.5. The lowest BCUT2D eigenvalue weighted by Crippen LogP contribution is -2.17. The first-order valence-corrected chi connectivity index (χ1v) is 8.59. The number of ketones is 1. The molecule has 0 spiro atoms. The van der Waals surface area contributed by atoms with Gasteiger partial charge in [-0.25, -0.2) is 4.98 Å². The molecule has 3 rings (SSSR count). The maximum Gasteiger partial charge on any atom is 0.215 e. The van der Waals surface area contributed by atoms with E-state index in [2.05, 4.69) is 4.98 Å². The Morgan fingerprint density at radius 3 is 2.04 bits per heavy atom. The maximum absolute atomic E-state index is 13.3. The van der Waals surface area contributed by atoms with Crippen LogP contribution in [0.2, 0.25) is 0 Å². The molecule has 1 heterocycles. The summed E-state index contributed by atoms with van der Waals surface area (Å²) in [5, 5.41) is 0. The Bertz CT molecular complexity index is 971. The number of aromatic nitrogens is 2. The molecule has 0 fully saturated rings. The molecule has 7 heteroatoms. The molecule has 0 atom stereocenters. The molecule has 0 N–H and O–H groups in total. The van der Waals surface area contributed by atoms with Crippen LogP contribution in [0.15, 0.2) is 42.5 Å². The molecule has 0 aliphatic heterocycles. The van der Waals surface area contributed by atoms with E-state index in [1.54, 1.807) is 19.1 Å². The molecule has 0 radical (unpaired) electrons. The number of benzene rings is 2. The highest BCUT2D eigenvalue weighted by atomic mass is 16.6. The first-order valence-electron chi connectivity index (χ1n) is 8.59. The van der Waals surface area contributed by atoms with Crippen LogP contribution in [0.5, 0.6) is 17.2 Å². The number of nitrogens with zero attached hydrogens (tertiary/aromatic N) is 2. The molecule has 0 saturated heterocycles. The second-order valence-electron chi connectivity index (χ2n) is 5.96. The molecular formula is C21H22N2O5. The van der Waals surface area contributed by atoms with Crippen molar-refractivity contribution in [2.24, 2.45) is 0 Å². The zero-order chi connectivity index (χ0) is 20.3. The third-order valence-corrected chi connectivity index (χ3v) is 4.37. The molecule has 28 heavy (non-hydrogen) atoms. The minimum absolute atomic E-state index is 0.270. The van der Waals surface area contributed by atoms with E-state index in [-0.39, 0.29) is 5.78 Å². The molecule has 0 aliphatic rings. The summed E-state index contributed by atoms with van der Waals surface area (Å²) in [6.07, 6.45) is 0. The summed E-state index contributed by atoms with van der Waals surface area (Å²) in [6.45, 7) is 1.77. The monoisotopic (exact) mass is 382 g/mol. The predicted octanol–water partition coefficient (Wildman–Crippen LogP) is 3.17. The van der Waals surface area contributed by atoms with Crippen molar-refractivity contribution < 1.29 is 23.8 Å². The van der Waals surface area contributed by atoms with Gasteiger partial charge in [0.1, 0.15) is 7.11 Å². The number of ether oxygens (including phenoxy) is 3. The van der Waals surface area contributed by atoms with Crippen molar-refractivity contribution >= 4 is 5.78 Å². The van der Waals surface area contributed by atoms with E-state index in [1.807, 2.05) is 30.3 Å². The molecular weight excluding hydrogens is 360 g/mol. The topological polar surface area (TPSA) is 71.8 Å². The Hall–Kier alpha value is -3.48. The molecule has 0 amide bonds. The average Bonchev–Trinajstić information content (AvgIpc) is 3.08. The van der Waals surface area contributed by atoms with Gasteiger partial charge in [-0.3, -0.25) is 4.79 Å². The van der Waals surface area contributed by atoms with Gasteiger partial charge in [-0.15, -0.1) is 0 Å². The van der Waals surface area contributed by atoms with E-state index in [9.17, 15) is 4.79 Å². The van der Waals surface area contributed by atoms with Crippen molar-refractivity contribution in [2.45, 2.75) is 6.92 Å². The minimum atomic E-state index is -0.270. The van der Waals surface area contributed by atoms with Crippen LogP contribution in [-0.4, -0.2) is 43.9 Å².